The number of methoxy groups -OCH3 is 1. The molecule has 0 saturated carbocycles. The number of nitrogens with zero attached hydrogens (tertiary/aromatic N) is 1. The van der Waals surface area contributed by atoms with Crippen molar-refractivity contribution in [3.63, 3.8) is 0 Å². The van der Waals surface area contributed by atoms with Gasteiger partial charge in [0.1, 0.15) is 23.1 Å². The fourth-order valence-corrected chi connectivity index (χ4v) is 2.40. The lowest BCUT2D eigenvalue weighted by Crippen LogP contribution is -2.25. The SMILES string of the molecule is CCOc1ccc(/C=C(\C#N)C(=O)O[C@H](C)C(=O)c2ccc(OC)cc2)cc1. The van der Waals surface area contributed by atoms with Crippen molar-refractivity contribution in [2.75, 3.05) is 13.7 Å². The first-order chi connectivity index (χ1) is 13.5. The zero-order valence-electron chi connectivity index (χ0n) is 16.0. The maximum Gasteiger partial charge on any atom is 0.349 e. The second kappa shape index (κ2) is 9.93. The van der Waals surface area contributed by atoms with Crippen LogP contribution in [0.15, 0.2) is 54.1 Å². The van der Waals surface area contributed by atoms with Crippen LogP contribution in [0.25, 0.3) is 6.08 Å². The molecule has 0 fully saturated rings. The van der Waals surface area contributed by atoms with Crippen molar-refractivity contribution < 1.29 is 23.8 Å². The zero-order chi connectivity index (χ0) is 20.5. The summed E-state index contributed by atoms with van der Waals surface area (Å²) in [6, 6.07) is 15.2. The first-order valence-corrected chi connectivity index (χ1v) is 8.72. The number of Topliss-reactive ketones (excluding diaryl/α,β-unsaturated/α-hetero) is 1. The van der Waals surface area contributed by atoms with E-state index >= 15 is 0 Å². The van der Waals surface area contributed by atoms with E-state index in [1.54, 1.807) is 48.5 Å². The third-order valence-electron chi connectivity index (χ3n) is 3.87. The van der Waals surface area contributed by atoms with Gasteiger partial charge >= 0.3 is 5.97 Å². The van der Waals surface area contributed by atoms with E-state index in [-0.39, 0.29) is 11.4 Å². The molecular weight excluding hydrogens is 358 g/mol. The van der Waals surface area contributed by atoms with Crippen LogP contribution in [0.1, 0.15) is 29.8 Å². The van der Waals surface area contributed by atoms with E-state index in [1.807, 2.05) is 13.0 Å². The molecular formula is C22H21NO5. The normalized spacial score (nSPS) is 11.9. The second-order valence-electron chi connectivity index (χ2n) is 5.81. The highest BCUT2D eigenvalue weighted by molar-refractivity contribution is 6.03. The van der Waals surface area contributed by atoms with Crippen molar-refractivity contribution in [3.05, 3.63) is 65.2 Å². The molecule has 0 bridgehead atoms. The zero-order valence-corrected chi connectivity index (χ0v) is 16.0. The summed E-state index contributed by atoms with van der Waals surface area (Å²) in [5.74, 6) is 0.0887. The van der Waals surface area contributed by atoms with Gasteiger partial charge in [-0.2, -0.15) is 5.26 Å². The fourth-order valence-electron chi connectivity index (χ4n) is 2.40. The van der Waals surface area contributed by atoms with E-state index in [0.717, 1.165) is 0 Å². The molecule has 0 spiro atoms. The van der Waals surface area contributed by atoms with Crippen LogP contribution in [0.4, 0.5) is 0 Å². The minimum Gasteiger partial charge on any atom is -0.497 e. The van der Waals surface area contributed by atoms with E-state index in [2.05, 4.69) is 0 Å². The molecule has 0 aliphatic rings. The van der Waals surface area contributed by atoms with E-state index in [4.69, 9.17) is 14.2 Å². The van der Waals surface area contributed by atoms with Gasteiger partial charge in [-0.25, -0.2) is 4.79 Å². The van der Waals surface area contributed by atoms with Gasteiger partial charge in [0.05, 0.1) is 13.7 Å². The maximum atomic E-state index is 12.4. The molecule has 144 valence electrons. The van der Waals surface area contributed by atoms with E-state index < -0.39 is 12.1 Å². The molecule has 6 heteroatoms. The van der Waals surface area contributed by atoms with Crippen LogP contribution in [0, 0.1) is 11.3 Å². The molecule has 2 aromatic rings. The van der Waals surface area contributed by atoms with Gasteiger partial charge in [0.25, 0.3) is 0 Å². The number of ketones is 1. The number of benzene rings is 2. The van der Waals surface area contributed by atoms with Crippen LogP contribution in [-0.2, 0) is 9.53 Å². The third-order valence-corrected chi connectivity index (χ3v) is 3.87. The van der Waals surface area contributed by atoms with Crippen molar-refractivity contribution in [1.29, 1.82) is 5.26 Å². The molecule has 1 atom stereocenters. The van der Waals surface area contributed by atoms with Crippen LogP contribution in [0.3, 0.4) is 0 Å². The molecule has 0 aliphatic heterocycles. The average molecular weight is 379 g/mol. The number of carbonyl (C=O) groups excluding carboxylic acids is 2. The summed E-state index contributed by atoms with van der Waals surface area (Å²) >= 11 is 0. The summed E-state index contributed by atoms with van der Waals surface area (Å²) in [6.45, 7) is 3.90. The number of nitriles is 1. The summed E-state index contributed by atoms with van der Waals surface area (Å²) in [5, 5.41) is 9.28. The number of esters is 1. The predicted octanol–water partition coefficient (Wildman–Crippen LogP) is 3.82. The van der Waals surface area contributed by atoms with E-state index in [1.165, 1.54) is 20.1 Å². The molecule has 0 unspecified atom stereocenters. The third kappa shape index (κ3) is 5.45. The summed E-state index contributed by atoms with van der Waals surface area (Å²) < 4.78 is 15.6. The monoisotopic (exact) mass is 379 g/mol. The summed E-state index contributed by atoms with van der Waals surface area (Å²) in [7, 11) is 1.53. The fraction of sp³-hybridized carbons (Fsp3) is 0.227. The van der Waals surface area contributed by atoms with Crippen LogP contribution >= 0.6 is 0 Å². The molecule has 28 heavy (non-hydrogen) atoms. The lowest BCUT2D eigenvalue weighted by molar-refractivity contribution is -0.141. The number of rotatable bonds is 8. The Morgan fingerprint density at radius 1 is 1.07 bits per heavy atom. The number of carbonyl (C=O) groups is 2. The Morgan fingerprint density at radius 3 is 2.21 bits per heavy atom. The van der Waals surface area contributed by atoms with E-state index in [9.17, 15) is 14.9 Å². The van der Waals surface area contributed by atoms with Gasteiger partial charge in [-0.15, -0.1) is 0 Å². The lowest BCUT2D eigenvalue weighted by Gasteiger charge is -2.12. The molecule has 0 N–H and O–H groups in total. The van der Waals surface area contributed by atoms with Crippen LogP contribution in [0.2, 0.25) is 0 Å². The lowest BCUT2D eigenvalue weighted by atomic mass is 10.1. The van der Waals surface area contributed by atoms with Crippen molar-refractivity contribution >= 4 is 17.8 Å². The Morgan fingerprint density at radius 2 is 1.68 bits per heavy atom. The molecule has 0 aromatic heterocycles. The summed E-state index contributed by atoms with van der Waals surface area (Å²) in [5.41, 5.74) is 0.833. The molecule has 0 radical (unpaired) electrons. The molecule has 2 aromatic carbocycles. The van der Waals surface area contributed by atoms with Crippen molar-refractivity contribution in [3.8, 4) is 17.6 Å². The minimum atomic E-state index is -1.03. The largest absolute Gasteiger partial charge is 0.497 e. The molecule has 6 nitrogen and oxygen atoms in total. The van der Waals surface area contributed by atoms with Gasteiger partial charge in [0.15, 0.2) is 6.10 Å². The number of hydrogen-bond acceptors (Lipinski definition) is 6. The average Bonchev–Trinajstić information content (AvgIpc) is 2.72. The Balaban J connectivity index is 2.07. The Labute approximate surface area is 164 Å². The van der Waals surface area contributed by atoms with Gasteiger partial charge in [-0.3, -0.25) is 4.79 Å². The Bertz CT molecular complexity index is 892. The van der Waals surface area contributed by atoms with Crippen molar-refractivity contribution in [1.82, 2.24) is 0 Å². The standard InChI is InChI=1S/C22H21NO5/c1-4-27-20-9-5-16(6-10-20)13-18(14-23)22(25)28-15(2)21(24)17-7-11-19(26-3)12-8-17/h5-13,15H,4H2,1-3H3/b18-13+/t15-/m1/s1. The topological polar surface area (TPSA) is 85.6 Å². The molecule has 0 heterocycles. The van der Waals surface area contributed by atoms with Gasteiger partial charge in [0, 0.05) is 5.56 Å². The van der Waals surface area contributed by atoms with Crippen molar-refractivity contribution in [2.24, 2.45) is 0 Å². The first kappa shape index (κ1) is 20.7. The van der Waals surface area contributed by atoms with Gasteiger partial charge in [-0.1, -0.05) is 12.1 Å². The Kier molecular flexibility index (Phi) is 7.35. The summed E-state index contributed by atoms with van der Waals surface area (Å²) in [4.78, 5) is 24.7. The molecule has 0 aliphatic carbocycles. The Hall–Kier alpha value is -3.59. The van der Waals surface area contributed by atoms with Crippen molar-refractivity contribution in [2.45, 2.75) is 20.0 Å². The molecule has 0 amide bonds. The minimum absolute atomic E-state index is 0.196. The maximum absolute atomic E-state index is 12.4. The molecule has 0 saturated heterocycles. The van der Waals surface area contributed by atoms with Crippen LogP contribution in [-0.4, -0.2) is 31.6 Å². The highest BCUT2D eigenvalue weighted by atomic mass is 16.5. The number of hydrogen-bond donors (Lipinski definition) is 0. The first-order valence-electron chi connectivity index (χ1n) is 8.72. The highest BCUT2D eigenvalue weighted by Gasteiger charge is 2.21. The van der Waals surface area contributed by atoms with Crippen LogP contribution in [0.5, 0.6) is 11.5 Å². The predicted molar refractivity (Wildman–Crippen MR) is 104 cm³/mol. The van der Waals surface area contributed by atoms with Gasteiger partial charge in [-0.05, 0) is 61.9 Å². The van der Waals surface area contributed by atoms with Gasteiger partial charge in [0.2, 0.25) is 5.78 Å². The highest BCUT2D eigenvalue weighted by Crippen LogP contribution is 2.17. The van der Waals surface area contributed by atoms with Gasteiger partial charge < -0.3 is 14.2 Å². The van der Waals surface area contributed by atoms with E-state index in [0.29, 0.717) is 29.2 Å². The molecule has 2 rings (SSSR count). The summed E-state index contributed by atoms with van der Waals surface area (Å²) in [6.07, 6.45) is 0.376. The van der Waals surface area contributed by atoms with Crippen LogP contribution < -0.4 is 9.47 Å². The number of ether oxygens (including phenoxy) is 3. The smallest absolute Gasteiger partial charge is 0.349 e. The quantitative estimate of drug-likeness (QED) is 0.300. The second-order valence-corrected chi connectivity index (χ2v) is 5.81.